The maximum absolute atomic E-state index is 5.96. The van der Waals surface area contributed by atoms with E-state index in [4.69, 9.17) is 23.2 Å². The molecule has 0 unspecified atom stereocenters. The topological polar surface area (TPSA) is 41.6 Å². The molecule has 18 heavy (non-hydrogen) atoms. The highest BCUT2D eigenvalue weighted by atomic mass is 35.5. The highest BCUT2D eigenvalue weighted by Crippen LogP contribution is 2.35. The predicted molar refractivity (Wildman–Crippen MR) is 74.3 cm³/mol. The lowest BCUT2D eigenvalue weighted by atomic mass is 9.83. The van der Waals surface area contributed by atoms with E-state index in [0.717, 1.165) is 17.3 Å². The van der Waals surface area contributed by atoms with Gasteiger partial charge in [-0.1, -0.05) is 43.0 Å². The zero-order valence-corrected chi connectivity index (χ0v) is 11.7. The van der Waals surface area contributed by atoms with Crippen LogP contribution in [0.2, 0.25) is 10.2 Å². The average molecular weight is 284 g/mol. The number of hydrogen-bond donors (Lipinski definition) is 1. The summed E-state index contributed by atoms with van der Waals surface area (Å²) in [6, 6.07) is 1.80. The molecule has 1 aliphatic rings. The molecule has 1 fully saturated rings. The smallest absolute Gasteiger partial charge is 0.179 e. The molecule has 1 N–H and O–H groups in total. The summed E-state index contributed by atoms with van der Waals surface area (Å²) in [5.74, 6) is 2.39. The Labute approximate surface area is 116 Å². The summed E-state index contributed by atoms with van der Waals surface area (Å²) in [5, 5.41) is 0.788. The predicted octanol–water partition coefficient (Wildman–Crippen LogP) is 4.56. The van der Waals surface area contributed by atoms with Crippen LogP contribution < -0.4 is 0 Å². The fourth-order valence-electron chi connectivity index (χ4n) is 2.64. The number of nitrogens with one attached hydrogen (secondary N) is 1. The van der Waals surface area contributed by atoms with Gasteiger partial charge in [0.25, 0.3) is 0 Å². The van der Waals surface area contributed by atoms with Crippen molar-refractivity contribution >= 4 is 34.4 Å². The fourth-order valence-corrected chi connectivity index (χ4v) is 2.93. The molecule has 0 spiro atoms. The van der Waals surface area contributed by atoms with Gasteiger partial charge in [0, 0.05) is 5.92 Å². The molecule has 3 nitrogen and oxygen atoms in total. The number of imidazole rings is 1. The van der Waals surface area contributed by atoms with Crippen molar-refractivity contribution in [3.63, 3.8) is 0 Å². The molecule has 0 aliphatic heterocycles. The molecule has 3 rings (SSSR count). The Kier molecular flexibility index (Phi) is 3.20. The van der Waals surface area contributed by atoms with Crippen molar-refractivity contribution < 1.29 is 0 Å². The van der Waals surface area contributed by atoms with Gasteiger partial charge in [-0.25, -0.2) is 9.97 Å². The summed E-state index contributed by atoms with van der Waals surface area (Å²) in [6.07, 6.45) is 4.94. The van der Waals surface area contributed by atoms with E-state index in [0.29, 0.717) is 21.7 Å². The molecule has 96 valence electrons. The van der Waals surface area contributed by atoms with E-state index in [1.165, 1.54) is 25.7 Å². The molecule has 2 aromatic heterocycles. The van der Waals surface area contributed by atoms with Gasteiger partial charge in [0.2, 0.25) is 0 Å². The van der Waals surface area contributed by atoms with Gasteiger partial charge >= 0.3 is 0 Å². The third-order valence-electron chi connectivity index (χ3n) is 3.80. The Bertz CT molecular complexity index is 532. The Hall–Kier alpha value is -0.800. The largest absolute Gasteiger partial charge is 0.340 e. The van der Waals surface area contributed by atoms with Gasteiger partial charge < -0.3 is 4.98 Å². The normalized spacial score (nSPS) is 24.6. The zero-order chi connectivity index (χ0) is 12.7. The van der Waals surface area contributed by atoms with Crippen LogP contribution in [0.3, 0.4) is 0 Å². The van der Waals surface area contributed by atoms with E-state index in [-0.39, 0.29) is 0 Å². The SMILES string of the molecule is CC1CCC(c2nc3nc(Cl)c(Cl)cc3[nH]2)CC1. The molecule has 1 aliphatic carbocycles. The van der Waals surface area contributed by atoms with Crippen molar-refractivity contribution in [1.29, 1.82) is 0 Å². The zero-order valence-electron chi connectivity index (χ0n) is 10.2. The van der Waals surface area contributed by atoms with Crippen LogP contribution in [0.25, 0.3) is 11.2 Å². The molecule has 2 aromatic rings. The maximum Gasteiger partial charge on any atom is 0.179 e. The van der Waals surface area contributed by atoms with Gasteiger partial charge in [-0.05, 0) is 24.8 Å². The van der Waals surface area contributed by atoms with E-state index in [9.17, 15) is 0 Å². The van der Waals surface area contributed by atoms with Gasteiger partial charge in [0.05, 0.1) is 10.5 Å². The van der Waals surface area contributed by atoms with Crippen molar-refractivity contribution in [3.05, 3.63) is 22.1 Å². The van der Waals surface area contributed by atoms with Crippen LogP contribution in [-0.4, -0.2) is 15.0 Å². The molecule has 0 aromatic carbocycles. The number of rotatable bonds is 1. The highest BCUT2D eigenvalue weighted by Gasteiger charge is 2.22. The molecule has 5 heteroatoms. The standard InChI is InChI=1S/C13H15Cl2N3/c1-7-2-4-8(5-3-7)12-16-10-6-9(14)11(15)17-13(10)18-12/h6-8H,2-5H2,1H3,(H,16,17,18). The van der Waals surface area contributed by atoms with Crippen LogP contribution in [0, 0.1) is 5.92 Å². The number of pyridine rings is 1. The van der Waals surface area contributed by atoms with Crippen LogP contribution in [0.5, 0.6) is 0 Å². The summed E-state index contributed by atoms with van der Waals surface area (Å²) >= 11 is 11.9. The molecule has 0 bridgehead atoms. The van der Waals surface area contributed by atoms with Crippen molar-refractivity contribution in [2.45, 2.75) is 38.5 Å². The highest BCUT2D eigenvalue weighted by molar-refractivity contribution is 6.41. The van der Waals surface area contributed by atoms with Crippen LogP contribution in [0.1, 0.15) is 44.3 Å². The van der Waals surface area contributed by atoms with E-state index in [2.05, 4.69) is 21.9 Å². The second-order valence-corrected chi connectivity index (χ2v) is 5.98. The minimum absolute atomic E-state index is 0.319. The van der Waals surface area contributed by atoms with Crippen molar-refractivity contribution in [2.75, 3.05) is 0 Å². The first-order valence-electron chi connectivity index (χ1n) is 6.35. The number of hydrogen-bond acceptors (Lipinski definition) is 2. The van der Waals surface area contributed by atoms with Crippen LogP contribution in [-0.2, 0) is 0 Å². The molecule has 1 saturated carbocycles. The fraction of sp³-hybridized carbons (Fsp3) is 0.538. The van der Waals surface area contributed by atoms with Crippen LogP contribution in [0.4, 0.5) is 0 Å². The van der Waals surface area contributed by atoms with E-state index < -0.39 is 0 Å². The van der Waals surface area contributed by atoms with Gasteiger partial charge in [-0.15, -0.1) is 0 Å². The first-order chi connectivity index (χ1) is 8.63. The minimum atomic E-state index is 0.319. The lowest BCUT2D eigenvalue weighted by Crippen LogP contribution is -2.11. The average Bonchev–Trinajstić information content (AvgIpc) is 2.73. The Morgan fingerprint density at radius 2 is 1.89 bits per heavy atom. The summed E-state index contributed by atoms with van der Waals surface area (Å²) in [7, 11) is 0. The van der Waals surface area contributed by atoms with E-state index in [1.54, 1.807) is 6.07 Å². The molecule has 0 atom stereocenters. The maximum atomic E-state index is 5.96. The second-order valence-electron chi connectivity index (χ2n) is 5.21. The number of nitrogens with zero attached hydrogens (tertiary/aromatic N) is 2. The summed E-state index contributed by atoms with van der Waals surface area (Å²) in [4.78, 5) is 12.1. The van der Waals surface area contributed by atoms with Crippen molar-refractivity contribution in [1.82, 2.24) is 15.0 Å². The van der Waals surface area contributed by atoms with Crippen molar-refractivity contribution in [2.24, 2.45) is 5.92 Å². The molecular formula is C13H15Cl2N3. The van der Waals surface area contributed by atoms with E-state index >= 15 is 0 Å². The first kappa shape index (κ1) is 12.2. The third kappa shape index (κ3) is 2.21. The summed E-state index contributed by atoms with van der Waals surface area (Å²) in [6.45, 7) is 2.32. The van der Waals surface area contributed by atoms with Gasteiger partial charge in [0.15, 0.2) is 5.65 Å². The number of H-pyrrole nitrogens is 1. The molecular weight excluding hydrogens is 269 g/mol. The van der Waals surface area contributed by atoms with Crippen LogP contribution >= 0.6 is 23.2 Å². The lowest BCUT2D eigenvalue weighted by molar-refractivity contribution is 0.341. The monoisotopic (exact) mass is 283 g/mol. The van der Waals surface area contributed by atoms with Crippen LogP contribution in [0.15, 0.2) is 6.07 Å². The van der Waals surface area contributed by atoms with Gasteiger partial charge in [-0.2, -0.15) is 0 Å². The summed E-state index contributed by atoms with van der Waals surface area (Å²) in [5.41, 5.74) is 1.54. The van der Waals surface area contributed by atoms with Gasteiger partial charge in [-0.3, -0.25) is 0 Å². The molecule has 2 heterocycles. The van der Waals surface area contributed by atoms with Crippen molar-refractivity contribution in [3.8, 4) is 0 Å². The number of aromatic nitrogens is 3. The Morgan fingerprint density at radius 3 is 2.61 bits per heavy atom. The van der Waals surface area contributed by atoms with Gasteiger partial charge in [0.1, 0.15) is 11.0 Å². The molecule has 0 amide bonds. The number of fused-ring (bicyclic) bond motifs is 1. The third-order valence-corrected chi connectivity index (χ3v) is 4.48. The Balaban J connectivity index is 1.93. The Morgan fingerprint density at radius 1 is 1.17 bits per heavy atom. The molecule has 0 radical (unpaired) electrons. The minimum Gasteiger partial charge on any atom is -0.340 e. The molecule has 0 saturated heterocycles. The van der Waals surface area contributed by atoms with E-state index in [1.807, 2.05) is 0 Å². The quantitative estimate of drug-likeness (QED) is 0.780. The summed E-state index contributed by atoms with van der Waals surface area (Å²) < 4.78 is 0. The number of halogens is 2. The first-order valence-corrected chi connectivity index (χ1v) is 7.10. The second kappa shape index (κ2) is 4.71. The lowest BCUT2D eigenvalue weighted by Gasteiger charge is -2.24. The number of aromatic amines is 1.